The zero-order valence-corrected chi connectivity index (χ0v) is 31.8. The fourth-order valence-electron chi connectivity index (χ4n) is 5.22. The summed E-state index contributed by atoms with van der Waals surface area (Å²) in [4.78, 5) is 55.7. The second-order valence-electron chi connectivity index (χ2n) is 16.0. The van der Waals surface area contributed by atoms with Crippen LogP contribution in [-0.4, -0.2) is 110 Å². The molecule has 2 rings (SSSR count). The summed E-state index contributed by atoms with van der Waals surface area (Å²) in [7, 11) is -0.644. The van der Waals surface area contributed by atoms with E-state index >= 15 is 0 Å². The maximum absolute atomic E-state index is 14.1. The molecular formula is C32H58N2O11Si. The molecule has 0 N–H and O–H groups in total. The standard InChI is InChI=1S/C32H58N2O11Si/c1-19(35)33(27(37)44-29(3,4)5)26-25-24(42-32(12,13)43-25)23(34(26)28(38)45-30(6,7)8)22(41-20(2)36)17-21(39-14)18-40-46(15,16)31(9,10)11/h21-26H,17-18H2,1-16H3/t21?,22?,23?,24?,25-,26-/m1/s1. The van der Waals surface area contributed by atoms with Crippen molar-refractivity contribution >= 4 is 32.4 Å². The number of likely N-dealkylation sites (tertiary alicyclic amines) is 1. The second kappa shape index (κ2) is 14.1. The van der Waals surface area contributed by atoms with Crippen LogP contribution in [-0.2, 0) is 42.4 Å². The zero-order chi connectivity index (χ0) is 35.8. The molecule has 0 bridgehead atoms. The number of imide groups is 1. The Bertz CT molecular complexity index is 1120. The van der Waals surface area contributed by atoms with Gasteiger partial charge in [-0.3, -0.25) is 14.5 Å². The number of fused-ring (bicyclic) bond motifs is 1. The van der Waals surface area contributed by atoms with E-state index in [2.05, 4.69) is 33.9 Å². The van der Waals surface area contributed by atoms with Gasteiger partial charge in [0.25, 0.3) is 0 Å². The minimum Gasteiger partial charge on any atom is -0.460 e. The summed E-state index contributed by atoms with van der Waals surface area (Å²) in [5, 5.41) is -0.0571. The highest BCUT2D eigenvalue weighted by atomic mass is 28.4. The fraction of sp³-hybridized carbons (Fsp3) is 0.875. The highest BCUT2D eigenvalue weighted by Gasteiger charge is 2.65. The molecule has 6 atom stereocenters. The van der Waals surface area contributed by atoms with Crippen molar-refractivity contribution in [1.29, 1.82) is 0 Å². The molecule has 0 saturated carbocycles. The fourth-order valence-corrected chi connectivity index (χ4v) is 6.26. The molecule has 2 heterocycles. The summed E-state index contributed by atoms with van der Waals surface area (Å²) in [6, 6.07) is -1.06. The van der Waals surface area contributed by atoms with Crippen LogP contribution in [0.3, 0.4) is 0 Å². The van der Waals surface area contributed by atoms with E-state index in [0.29, 0.717) is 0 Å². The van der Waals surface area contributed by atoms with Gasteiger partial charge in [0, 0.05) is 27.4 Å². The predicted molar refractivity (Wildman–Crippen MR) is 172 cm³/mol. The van der Waals surface area contributed by atoms with Gasteiger partial charge >= 0.3 is 18.2 Å². The number of hydrogen-bond donors (Lipinski definition) is 0. The highest BCUT2D eigenvalue weighted by molar-refractivity contribution is 6.74. The van der Waals surface area contributed by atoms with E-state index in [9.17, 15) is 19.2 Å². The molecule has 2 aliphatic heterocycles. The first-order valence-electron chi connectivity index (χ1n) is 15.8. The zero-order valence-electron chi connectivity index (χ0n) is 30.8. The third-order valence-electron chi connectivity index (χ3n) is 8.16. The molecule has 0 spiro atoms. The molecule has 2 fully saturated rings. The average molecular weight is 675 g/mol. The quantitative estimate of drug-likeness (QED) is 0.172. The smallest absolute Gasteiger partial charge is 0.418 e. The van der Waals surface area contributed by atoms with Gasteiger partial charge in [0.1, 0.15) is 35.6 Å². The maximum Gasteiger partial charge on any atom is 0.418 e. The number of carbonyl (C=O) groups excluding carboxylic acids is 4. The number of hydrogen-bond acceptors (Lipinski definition) is 11. The number of ether oxygens (including phenoxy) is 6. The Hall–Kier alpha value is -2.26. The summed E-state index contributed by atoms with van der Waals surface area (Å²) >= 11 is 0. The molecule has 266 valence electrons. The molecule has 0 aliphatic carbocycles. The molecule has 4 unspecified atom stereocenters. The van der Waals surface area contributed by atoms with Gasteiger partial charge in [-0.05, 0) is 73.5 Å². The molecule has 2 saturated heterocycles. The van der Waals surface area contributed by atoms with Crippen molar-refractivity contribution in [1.82, 2.24) is 9.80 Å². The Morgan fingerprint density at radius 2 is 1.41 bits per heavy atom. The number of carbonyl (C=O) groups is 4. The number of amides is 3. The lowest BCUT2D eigenvalue weighted by atomic mass is 9.99. The van der Waals surface area contributed by atoms with E-state index in [1.807, 2.05) is 0 Å². The molecule has 2 aliphatic rings. The normalized spacial score (nSPS) is 24.6. The molecule has 13 nitrogen and oxygen atoms in total. The Labute approximate surface area is 276 Å². The molecule has 0 aromatic carbocycles. The molecule has 0 aromatic heterocycles. The molecular weight excluding hydrogens is 616 g/mol. The van der Waals surface area contributed by atoms with Crippen molar-refractivity contribution in [2.24, 2.45) is 0 Å². The average Bonchev–Trinajstić information content (AvgIpc) is 3.28. The van der Waals surface area contributed by atoms with Gasteiger partial charge in [0.05, 0.1) is 12.7 Å². The highest BCUT2D eigenvalue weighted by Crippen LogP contribution is 2.45. The van der Waals surface area contributed by atoms with Crippen LogP contribution in [0.15, 0.2) is 0 Å². The van der Waals surface area contributed by atoms with E-state index in [1.54, 1.807) is 55.4 Å². The monoisotopic (exact) mass is 674 g/mol. The third-order valence-corrected chi connectivity index (χ3v) is 12.7. The summed E-state index contributed by atoms with van der Waals surface area (Å²) in [6.45, 7) is 26.8. The van der Waals surface area contributed by atoms with Gasteiger partial charge in [-0.1, -0.05) is 20.8 Å². The van der Waals surface area contributed by atoms with Crippen LogP contribution in [0, 0.1) is 0 Å². The molecule has 46 heavy (non-hydrogen) atoms. The molecule has 3 amide bonds. The van der Waals surface area contributed by atoms with Crippen molar-refractivity contribution in [2.75, 3.05) is 13.7 Å². The van der Waals surface area contributed by atoms with Gasteiger partial charge < -0.3 is 32.8 Å². The summed E-state index contributed by atoms with van der Waals surface area (Å²) in [6.07, 6.45) is -6.68. The van der Waals surface area contributed by atoms with E-state index in [0.717, 1.165) is 4.90 Å². The van der Waals surface area contributed by atoms with Crippen LogP contribution in [0.2, 0.25) is 18.1 Å². The van der Waals surface area contributed by atoms with Gasteiger partial charge in [-0.25, -0.2) is 14.5 Å². The van der Waals surface area contributed by atoms with E-state index in [1.165, 1.54) is 25.9 Å². The van der Waals surface area contributed by atoms with E-state index in [4.69, 9.17) is 32.8 Å². The van der Waals surface area contributed by atoms with Crippen LogP contribution in [0.4, 0.5) is 9.59 Å². The van der Waals surface area contributed by atoms with E-state index in [-0.39, 0.29) is 18.1 Å². The van der Waals surface area contributed by atoms with Gasteiger partial charge in [-0.15, -0.1) is 0 Å². The lowest BCUT2D eigenvalue weighted by molar-refractivity contribution is -0.188. The summed E-state index contributed by atoms with van der Waals surface area (Å²) in [5.41, 5.74) is -1.91. The summed E-state index contributed by atoms with van der Waals surface area (Å²) < 4.78 is 42.3. The molecule has 0 aromatic rings. The first-order chi connectivity index (χ1) is 20.6. The lowest BCUT2D eigenvalue weighted by Crippen LogP contribution is -2.61. The van der Waals surface area contributed by atoms with Crippen molar-refractivity contribution < 1.29 is 52.0 Å². The van der Waals surface area contributed by atoms with Crippen LogP contribution < -0.4 is 0 Å². The SMILES string of the molecule is COC(CO[Si](C)(C)C(C)(C)C)CC(OC(C)=O)C1C2OC(C)(C)O[C@H]2[C@H](N(C(C)=O)C(=O)OC(C)(C)C)N1C(=O)OC(C)(C)C. The van der Waals surface area contributed by atoms with Crippen LogP contribution in [0.1, 0.15) is 96.4 Å². The minimum atomic E-state index is -2.18. The van der Waals surface area contributed by atoms with Crippen LogP contribution in [0.25, 0.3) is 0 Å². The lowest BCUT2D eigenvalue weighted by Gasteiger charge is -2.41. The number of nitrogens with zero attached hydrogens (tertiary/aromatic N) is 2. The van der Waals surface area contributed by atoms with Gasteiger partial charge in [0.15, 0.2) is 20.3 Å². The first kappa shape index (κ1) is 39.9. The topological polar surface area (TPSA) is 139 Å². The van der Waals surface area contributed by atoms with Gasteiger partial charge in [0.2, 0.25) is 5.91 Å². The third kappa shape index (κ3) is 10.1. The van der Waals surface area contributed by atoms with Crippen LogP contribution in [0.5, 0.6) is 0 Å². The predicted octanol–water partition coefficient (Wildman–Crippen LogP) is 5.59. The van der Waals surface area contributed by atoms with Crippen molar-refractivity contribution in [3.63, 3.8) is 0 Å². The minimum absolute atomic E-state index is 0.0571. The number of methoxy groups -OCH3 is 1. The Morgan fingerprint density at radius 1 is 0.891 bits per heavy atom. The Balaban J connectivity index is 2.72. The van der Waals surface area contributed by atoms with Crippen molar-refractivity contribution in [3.05, 3.63) is 0 Å². The molecule has 0 radical (unpaired) electrons. The Morgan fingerprint density at radius 3 is 1.85 bits per heavy atom. The number of rotatable bonds is 9. The number of esters is 1. The van der Waals surface area contributed by atoms with Crippen LogP contribution >= 0.6 is 0 Å². The van der Waals surface area contributed by atoms with Crippen molar-refractivity contribution in [2.45, 2.75) is 168 Å². The largest absolute Gasteiger partial charge is 0.460 e. The molecule has 14 heteroatoms. The van der Waals surface area contributed by atoms with Gasteiger partial charge in [-0.2, -0.15) is 0 Å². The maximum atomic E-state index is 14.1. The Kier molecular flexibility index (Phi) is 12.2. The first-order valence-corrected chi connectivity index (χ1v) is 18.8. The van der Waals surface area contributed by atoms with Crippen molar-refractivity contribution in [3.8, 4) is 0 Å². The van der Waals surface area contributed by atoms with E-state index < -0.39 is 86.0 Å². The summed E-state index contributed by atoms with van der Waals surface area (Å²) in [5.74, 6) is -2.47. The second-order valence-corrected chi connectivity index (χ2v) is 20.8.